The van der Waals surface area contributed by atoms with Gasteiger partial charge >= 0.3 is 0 Å². The smallest absolute Gasteiger partial charge is 0.270 e. The van der Waals surface area contributed by atoms with Crippen LogP contribution in [-0.4, -0.2) is 10.0 Å². The lowest BCUT2D eigenvalue weighted by molar-refractivity contribution is -0.384. The van der Waals surface area contributed by atoms with Crippen molar-refractivity contribution >= 4 is 5.69 Å². The number of nitrogens with one attached hydrogen (secondary N) is 1. The molecule has 0 spiro atoms. The third-order valence-corrected chi connectivity index (χ3v) is 3.17. The number of rotatable bonds is 5. The molecule has 2 aromatic carbocycles. The van der Waals surface area contributed by atoms with E-state index in [4.69, 9.17) is 0 Å². The molecule has 1 atom stereocenters. The Balaban J connectivity index is 2.07. The maximum absolute atomic E-state index is 10.7. The number of phenolic OH excluding ortho intramolecular Hbond substituents is 1. The van der Waals surface area contributed by atoms with Crippen molar-refractivity contribution in [1.82, 2.24) is 5.32 Å². The minimum absolute atomic E-state index is 0.0213. The standard InChI is InChI=1S/C15H16N2O3/c1-11(12-5-3-2-4-6-12)16-10-13-9-14(17(19)20)7-8-15(13)18/h2-9,11,16,18H,10H2,1H3. The first kappa shape index (κ1) is 14.0. The van der Waals surface area contributed by atoms with Gasteiger partial charge in [0, 0.05) is 30.3 Å². The molecule has 0 amide bonds. The van der Waals surface area contributed by atoms with Crippen molar-refractivity contribution in [3.05, 3.63) is 69.8 Å². The molecule has 2 aromatic rings. The molecule has 2 rings (SSSR count). The Kier molecular flexibility index (Phi) is 4.32. The molecule has 0 heterocycles. The molecule has 0 aliphatic carbocycles. The summed E-state index contributed by atoms with van der Waals surface area (Å²) in [4.78, 5) is 10.3. The van der Waals surface area contributed by atoms with E-state index in [1.54, 1.807) is 0 Å². The van der Waals surface area contributed by atoms with Crippen LogP contribution in [0, 0.1) is 10.1 Å². The molecule has 0 aliphatic heterocycles. The quantitative estimate of drug-likeness (QED) is 0.647. The normalized spacial score (nSPS) is 12.1. The van der Waals surface area contributed by atoms with Gasteiger partial charge in [-0.2, -0.15) is 0 Å². The lowest BCUT2D eigenvalue weighted by Gasteiger charge is -2.14. The van der Waals surface area contributed by atoms with Gasteiger partial charge in [-0.15, -0.1) is 0 Å². The summed E-state index contributed by atoms with van der Waals surface area (Å²) in [6, 6.07) is 14.0. The molecule has 5 nitrogen and oxygen atoms in total. The van der Waals surface area contributed by atoms with Crippen molar-refractivity contribution in [2.24, 2.45) is 0 Å². The average Bonchev–Trinajstić information content (AvgIpc) is 2.46. The third-order valence-electron chi connectivity index (χ3n) is 3.17. The van der Waals surface area contributed by atoms with Crippen LogP contribution in [0.25, 0.3) is 0 Å². The molecule has 1 unspecified atom stereocenters. The van der Waals surface area contributed by atoms with E-state index in [1.807, 2.05) is 37.3 Å². The lowest BCUT2D eigenvalue weighted by Crippen LogP contribution is -2.18. The summed E-state index contributed by atoms with van der Waals surface area (Å²) in [5.41, 5.74) is 1.62. The zero-order chi connectivity index (χ0) is 14.5. The number of nitro groups is 1. The van der Waals surface area contributed by atoms with Gasteiger partial charge in [0.25, 0.3) is 5.69 Å². The number of nitrogens with zero attached hydrogens (tertiary/aromatic N) is 1. The van der Waals surface area contributed by atoms with Crippen molar-refractivity contribution in [2.45, 2.75) is 19.5 Å². The predicted molar refractivity (Wildman–Crippen MR) is 76.5 cm³/mol. The van der Waals surface area contributed by atoms with E-state index in [1.165, 1.54) is 18.2 Å². The monoisotopic (exact) mass is 272 g/mol. The summed E-state index contributed by atoms with van der Waals surface area (Å²) in [6.07, 6.45) is 0. The highest BCUT2D eigenvalue weighted by molar-refractivity contribution is 5.43. The van der Waals surface area contributed by atoms with Gasteiger partial charge in [-0.25, -0.2) is 0 Å². The van der Waals surface area contributed by atoms with Gasteiger partial charge < -0.3 is 10.4 Å². The van der Waals surface area contributed by atoms with E-state index in [0.29, 0.717) is 12.1 Å². The van der Waals surface area contributed by atoms with Crippen LogP contribution in [0.4, 0.5) is 5.69 Å². The Hall–Kier alpha value is -2.40. The van der Waals surface area contributed by atoms with E-state index in [2.05, 4.69) is 5.32 Å². The Morgan fingerprint density at radius 2 is 1.95 bits per heavy atom. The highest BCUT2D eigenvalue weighted by Crippen LogP contribution is 2.23. The molecular formula is C15H16N2O3. The zero-order valence-electron chi connectivity index (χ0n) is 11.1. The zero-order valence-corrected chi connectivity index (χ0v) is 11.1. The Bertz CT molecular complexity index is 599. The van der Waals surface area contributed by atoms with Gasteiger partial charge in [0.1, 0.15) is 5.75 Å². The van der Waals surface area contributed by atoms with Crippen LogP contribution in [0.2, 0.25) is 0 Å². The van der Waals surface area contributed by atoms with Gasteiger partial charge in [-0.1, -0.05) is 30.3 Å². The summed E-state index contributed by atoms with van der Waals surface area (Å²) in [7, 11) is 0. The fourth-order valence-electron chi connectivity index (χ4n) is 1.95. The molecule has 104 valence electrons. The Morgan fingerprint density at radius 1 is 1.25 bits per heavy atom. The van der Waals surface area contributed by atoms with Crippen molar-refractivity contribution in [2.75, 3.05) is 0 Å². The maximum Gasteiger partial charge on any atom is 0.270 e. The van der Waals surface area contributed by atoms with Crippen LogP contribution in [0.3, 0.4) is 0 Å². The highest BCUT2D eigenvalue weighted by Gasteiger charge is 2.11. The predicted octanol–water partition coefficient (Wildman–Crippen LogP) is 3.15. The topological polar surface area (TPSA) is 75.4 Å². The number of benzene rings is 2. The van der Waals surface area contributed by atoms with E-state index < -0.39 is 4.92 Å². The summed E-state index contributed by atoms with van der Waals surface area (Å²) in [6.45, 7) is 2.37. The van der Waals surface area contributed by atoms with Crippen molar-refractivity contribution in [1.29, 1.82) is 0 Å². The van der Waals surface area contributed by atoms with E-state index in [-0.39, 0.29) is 17.5 Å². The van der Waals surface area contributed by atoms with Crippen LogP contribution in [0.15, 0.2) is 48.5 Å². The number of hydrogen-bond donors (Lipinski definition) is 2. The molecule has 0 aliphatic rings. The minimum Gasteiger partial charge on any atom is -0.508 e. The largest absolute Gasteiger partial charge is 0.508 e. The van der Waals surface area contributed by atoms with Crippen LogP contribution >= 0.6 is 0 Å². The fraction of sp³-hybridized carbons (Fsp3) is 0.200. The van der Waals surface area contributed by atoms with Crippen LogP contribution in [0.1, 0.15) is 24.1 Å². The van der Waals surface area contributed by atoms with Crippen molar-refractivity contribution in [3.8, 4) is 5.75 Å². The number of aromatic hydroxyl groups is 1. The highest BCUT2D eigenvalue weighted by atomic mass is 16.6. The molecule has 2 N–H and O–H groups in total. The van der Waals surface area contributed by atoms with E-state index in [9.17, 15) is 15.2 Å². The summed E-state index contributed by atoms with van der Waals surface area (Å²) >= 11 is 0. The fourth-order valence-corrected chi connectivity index (χ4v) is 1.95. The molecule has 0 aromatic heterocycles. The van der Waals surface area contributed by atoms with Gasteiger partial charge in [-0.3, -0.25) is 10.1 Å². The lowest BCUT2D eigenvalue weighted by atomic mass is 10.1. The van der Waals surface area contributed by atoms with Gasteiger partial charge in [0.05, 0.1) is 4.92 Å². The molecule has 0 saturated heterocycles. The summed E-state index contributed by atoms with van der Waals surface area (Å²) in [5, 5.41) is 23.7. The molecule has 0 saturated carbocycles. The van der Waals surface area contributed by atoms with Crippen molar-refractivity contribution < 1.29 is 10.0 Å². The first-order chi connectivity index (χ1) is 9.58. The van der Waals surface area contributed by atoms with Crippen molar-refractivity contribution in [3.63, 3.8) is 0 Å². The maximum atomic E-state index is 10.7. The number of hydrogen-bond acceptors (Lipinski definition) is 4. The van der Waals surface area contributed by atoms with Gasteiger partial charge in [-0.05, 0) is 18.6 Å². The Labute approximate surface area is 117 Å². The second-order valence-corrected chi connectivity index (χ2v) is 4.58. The molecule has 0 fully saturated rings. The van der Waals surface area contributed by atoms with E-state index >= 15 is 0 Å². The second-order valence-electron chi connectivity index (χ2n) is 4.58. The minimum atomic E-state index is -0.469. The van der Waals surface area contributed by atoms with Crippen LogP contribution < -0.4 is 5.32 Å². The number of non-ortho nitro benzene ring substituents is 1. The number of phenols is 1. The van der Waals surface area contributed by atoms with E-state index in [0.717, 1.165) is 5.56 Å². The number of nitro benzene ring substituents is 1. The average molecular weight is 272 g/mol. The van der Waals surface area contributed by atoms with Crippen LogP contribution in [-0.2, 0) is 6.54 Å². The van der Waals surface area contributed by atoms with Crippen LogP contribution in [0.5, 0.6) is 5.75 Å². The summed E-state index contributed by atoms with van der Waals surface area (Å²) in [5.74, 6) is 0.0587. The first-order valence-corrected chi connectivity index (χ1v) is 6.32. The molecule has 0 bridgehead atoms. The summed E-state index contributed by atoms with van der Waals surface area (Å²) < 4.78 is 0. The van der Waals surface area contributed by atoms with Gasteiger partial charge in [0.2, 0.25) is 0 Å². The first-order valence-electron chi connectivity index (χ1n) is 6.32. The SMILES string of the molecule is CC(NCc1cc([N+](=O)[O-])ccc1O)c1ccccc1. The molecular weight excluding hydrogens is 256 g/mol. The second kappa shape index (κ2) is 6.16. The Morgan fingerprint density at radius 3 is 2.60 bits per heavy atom. The molecule has 0 radical (unpaired) electrons. The van der Waals surface area contributed by atoms with Gasteiger partial charge in [0.15, 0.2) is 0 Å². The third kappa shape index (κ3) is 3.33. The molecule has 20 heavy (non-hydrogen) atoms. The molecule has 5 heteroatoms.